The summed E-state index contributed by atoms with van der Waals surface area (Å²) in [5.41, 5.74) is 1.20. The third kappa shape index (κ3) is 5.32. The van der Waals surface area contributed by atoms with Gasteiger partial charge in [-0.1, -0.05) is 30.3 Å². The van der Waals surface area contributed by atoms with Crippen molar-refractivity contribution in [2.75, 3.05) is 20.2 Å². The Balaban J connectivity index is 0.00000192. The fourth-order valence-corrected chi connectivity index (χ4v) is 3.17. The summed E-state index contributed by atoms with van der Waals surface area (Å²) in [5.74, 6) is 0.837. The second-order valence-corrected chi connectivity index (χ2v) is 5.90. The van der Waals surface area contributed by atoms with Crippen LogP contribution in [0.4, 0.5) is 0 Å². The van der Waals surface area contributed by atoms with Gasteiger partial charge in [0.05, 0.1) is 31.5 Å². The number of rotatable bonds is 6. The molecular formula is C17H26IN3O2. The summed E-state index contributed by atoms with van der Waals surface area (Å²) in [5, 5.41) is 6.76. The molecule has 128 valence electrons. The Hall–Kier alpha value is -0.860. The molecule has 1 aromatic rings. The predicted octanol–water partition coefficient (Wildman–Crippen LogP) is 2.31. The van der Waals surface area contributed by atoms with E-state index in [2.05, 4.69) is 27.8 Å². The molecule has 0 amide bonds. The molecular weight excluding hydrogens is 405 g/mol. The van der Waals surface area contributed by atoms with Gasteiger partial charge in [-0.25, -0.2) is 0 Å². The van der Waals surface area contributed by atoms with E-state index in [0.29, 0.717) is 31.5 Å². The van der Waals surface area contributed by atoms with Crippen LogP contribution < -0.4 is 10.6 Å². The smallest absolute Gasteiger partial charge is 0.191 e. The van der Waals surface area contributed by atoms with E-state index in [1.165, 1.54) is 18.4 Å². The van der Waals surface area contributed by atoms with Crippen LogP contribution in [-0.2, 0) is 16.1 Å². The van der Waals surface area contributed by atoms with E-state index in [4.69, 9.17) is 9.47 Å². The van der Waals surface area contributed by atoms with E-state index in [1.54, 1.807) is 7.05 Å². The van der Waals surface area contributed by atoms with Gasteiger partial charge in [-0.2, -0.15) is 0 Å². The van der Waals surface area contributed by atoms with Gasteiger partial charge in [0, 0.05) is 13.6 Å². The maximum atomic E-state index is 5.85. The number of hydrogen-bond acceptors (Lipinski definition) is 3. The minimum absolute atomic E-state index is 0. The average Bonchev–Trinajstić information content (AvgIpc) is 3.17. The minimum Gasteiger partial charge on any atom is -0.375 e. The standard InChI is InChI=1S/C17H25N3O2.HI/c1-18-17(20-15-11-14-7-8-16(15)22-14)19-9-10-21-12-13-5-3-2-4-6-13;/h2-6,14-16H,7-12H2,1H3,(H2,18,19,20);1H. The molecule has 2 aliphatic heterocycles. The highest BCUT2D eigenvalue weighted by Gasteiger charge is 2.41. The molecule has 6 heteroatoms. The number of benzene rings is 1. The first-order valence-electron chi connectivity index (χ1n) is 8.09. The molecule has 0 radical (unpaired) electrons. The number of fused-ring (bicyclic) bond motifs is 2. The summed E-state index contributed by atoms with van der Waals surface area (Å²) >= 11 is 0. The number of hydrogen-bond donors (Lipinski definition) is 2. The quantitative estimate of drug-likeness (QED) is 0.314. The van der Waals surface area contributed by atoms with Gasteiger partial charge in [0.1, 0.15) is 0 Å². The molecule has 2 fully saturated rings. The van der Waals surface area contributed by atoms with Crippen molar-refractivity contribution in [1.82, 2.24) is 10.6 Å². The first-order valence-corrected chi connectivity index (χ1v) is 8.09. The van der Waals surface area contributed by atoms with Crippen molar-refractivity contribution in [3.63, 3.8) is 0 Å². The summed E-state index contributed by atoms with van der Waals surface area (Å²) < 4.78 is 11.5. The van der Waals surface area contributed by atoms with Crippen LogP contribution in [0.1, 0.15) is 24.8 Å². The van der Waals surface area contributed by atoms with Crippen molar-refractivity contribution in [3.05, 3.63) is 35.9 Å². The first kappa shape index (κ1) is 18.5. The second kappa shape index (κ2) is 9.44. The van der Waals surface area contributed by atoms with Crippen LogP contribution in [-0.4, -0.2) is 44.4 Å². The molecule has 23 heavy (non-hydrogen) atoms. The minimum atomic E-state index is 0. The van der Waals surface area contributed by atoms with E-state index < -0.39 is 0 Å². The van der Waals surface area contributed by atoms with Crippen LogP contribution in [0.2, 0.25) is 0 Å². The summed E-state index contributed by atoms with van der Waals surface area (Å²) in [7, 11) is 1.80. The molecule has 0 aromatic heterocycles. The van der Waals surface area contributed by atoms with Crippen molar-refractivity contribution >= 4 is 29.9 Å². The Morgan fingerprint density at radius 2 is 2.13 bits per heavy atom. The van der Waals surface area contributed by atoms with Gasteiger partial charge in [0.25, 0.3) is 0 Å². The third-order valence-electron chi connectivity index (χ3n) is 4.30. The summed E-state index contributed by atoms with van der Waals surface area (Å²) in [6.07, 6.45) is 4.28. The summed E-state index contributed by atoms with van der Waals surface area (Å²) in [6, 6.07) is 10.6. The number of halogens is 1. The van der Waals surface area contributed by atoms with Crippen LogP contribution in [0.15, 0.2) is 35.3 Å². The molecule has 0 spiro atoms. The molecule has 1 aromatic carbocycles. The van der Waals surface area contributed by atoms with E-state index in [1.807, 2.05) is 18.2 Å². The third-order valence-corrected chi connectivity index (χ3v) is 4.30. The zero-order chi connectivity index (χ0) is 15.2. The van der Waals surface area contributed by atoms with Crippen molar-refractivity contribution in [1.29, 1.82) is 0 Å². The van der Waals surface area contributed by atoms with Crippen molar-refractivity contribution < 1.29 is 9.47 Å². The number of ether oxygens (including phenoxy) is 2. The van der Waals surface area contributed by atoms with Gasteiger partial charge in [-0.3, -0.25) is 4.99 Å². The first-order chi connectivity index (χ1) is 10.8. The van der Waals surface area contributed by atoms with Crippen molar-refractivity contribution in [3.8, 4) is 0 Å². The van der Waals surface area contributed by atoms with Crippen LogP contribution in [0.5, 0.6) is 0 Å². The number of nitrogens with zero attached hydrogens (tertiary/aromatic N) is 1. The monoisotopic (exact) mass is 431 g/mol. The Bertz CT molecular complexity index is 498. The lowest BCUT2D eigenvalue weighted by Gasteiger charge is -2.22. The van der Waals surface area contributed by atoms with Gasteiger partial charge >= 0.3 is 0 Å². The lowest BCUT2D eigenvalue weighted by Crippen LogP contribution is -2.48. The second-order valence-electron chi connectivity index (χ2n) is 5.90. The predicted molar refractivity (Wildman–Crippen MR) is 102 cm³/mol. The molecule has 3 rings (SSSR count). The number of nitrogens with one attached hydrogen (secondary N) is 2. The zero-order valence-electron chi connectivity index (χ0n) is 13.5. The van der Waals surface area contributed by atoms with Crippen molar-refractivity contribution in [2.24, 2.45) is 4.99 Å². The molecule has 2 saturated heterocycles. The Labute approximate surface area is 155 Å². The van der Waals surface area contributed by atoms with E-state index in [9.17, 15) is 0 Å². The van der Waals surface area contributed by atoms with Gasteiger partial charge in [-0.15, -0.1) is 24.0 Å². The summed E-state index contributed by atoms with van der Waals surface area (Å²) in [6.45, 7) is 2.05. The summed E-state index contributed by atoms with van der Waals surface area (Å²) in [4.78, 5) is 4.27. The van der Waals surface area contributed by atoms with E-state index in [0.717, 1.165) is 18.9 Å². The fraction of sp³-hybridized carbons (Fsp3) is 0.588. The zero-order valence-corrected chi connectivity index (χ0v) is 15.9. The van der Waals surface area contributed by atoms with E-state index in [-0.39, 0.29) is 24.0 Å². The molecule has 3 unspecified atom stereocenters. The maximum Gasteiger partial charge on any atom is 0.191 e. The lowest BCUT2D eigenvalue weighted by atomic mass is 9.96. The topological polar surface area (TPSA) is 54.9 Å². The molecule has 5 nitrogen and oxygen atoms in total. The molecule has 2 bridgehead atoms. The molecule has 2 N–H and O–H groups in total. The SMILES string of the molecule is CN=C(NCCOCc1ccccc1)NC1CC2CCC1O2.I. The molecule has 0 saturated carbocycles. The average molecular weight is 431 g/mol. The number of guanidine groups is 1. The van der Waals surface area contributed by atoms with Crippen LogP contribution in [0.3, 0.4) is 0 Å². The molecule has 3 atom stereocenters. The van der Waals surface area contributed by atoms with Gasteiger partial charge in [-0.05, 0) is 24.8 Å². The highest BCUT2D eigenvalue weighted by atomic mass is 127. The molecule has 0 aliphatic carbocycles. The molecule has 2 aliphatic rings. The lowest BCUT2D eigenvalue weighted by molar-refractivity contribution is 0.0991. The van der Waals surface area contributed by atoms with E-state index >= 15 is 0 Å². The Kier molecular flexibility index (Phi) is 7.58. The maximum absolute atomic E-state index is 5.85. The van der Waals surface area contributed by atoms with Gasteiger partial charge in [0.15, 0.2) is 5.96 Å². The fourth-order valence-electron chi connectivity index (χ4n) is 3.17. The Morgan fingerprint density at radius 1 is 1.30 bits per heavy atom. The number of aliphatic imine (C=N–C) groups is 1. The van der Waals surface area contributed by atoms with Gasteiger partial charge < -0.3 is 20.1 Å². The van der Waals surface area contributed by atoms with Crippen molar-refractivity contribution in [2.45, 2.75) is 44.1 Å². The van der Waals surface area contributed by atoms with Crippen LogP contribution >= 0.6 is 24.0 Å². The highest BCUT2D eigenvalue weighted by molar-refractivity contribution is 14.0. The highest BCUT2D eigenvalue weighted by Crippen LogP contribution is 2.34. The van der Waals surface area contributed by atoms with Crippen LogP contribution in [0, 0.1) is 0 Å². The van der Waals surface area contributed by atoms with Gasteiger partial charge in [0.2, 0.25) is 0 Å². The van der Waals surface area contributed by atoms with Crippen LogP contribution in [0.25, 0.3) is 0 Å². The molecule has 2 heterocycles. The largest absolute Gasteiger partial charge is 0.375 e. The Morgan fingerprint density at radius 3 is 2.78 bits per heavy atom. The normalized spacial score (nSPS) is 26.0.